The van der Waals surface area contributed by atoms with Crippen LogP contribution in [0.1, 0.15) is 12.8 Å². The molecule has 8 nitrogen and oxygen atoms in total. The number of nitrogens with zero attached hydrogens (tertiary/aromatic N) is 1. The maximum absolute atomic E-state index is 11.5. The molecule has 0 aliphatic carbocycles. The first-order valence-electron chi connectivity index (χ1n) is 5.34. The minimum Gasteiger partial charge on any atom is -0.480 e. The molecule has 0 aromatic heterocycles. The highest BCUT2D eigenvalue weighted by atomic mass is 16.5. The summed E-state index contributed by atoms with van der Waals surface area (Å²) in [5.41, 5.74) is 0. The number of ether oxygens (including phenoxy) is 1. The van der Waals surface area contributed by atoms with E-state index in [0.29, 0.717) is 6.42 Å². The normalized spacial score (nSPS) is 11.5. The quantitative estimate of drug-likeness (QED) is 0.508. The van der Waals surface area contributed by atoms with E-state index in [1.54, 1.807) is 0 Å². The fourth-order valence-electron chi connectivity index (χ4n) is 1.11. The van der Waals surface area contributed by atoms with Crippen molar-refractivity contribution >= 4 is 18.0 Å². The third-order valence-electron chi connectivity index (χ3n) is 2.23. The lowest BCUT2D eigenvalue weighted by Crippen LogP contribution is -2.48. The van der Waals surface area contributed by atoms with E-state index >= 15 is 0 Å². The van der Waals surface area contributed by atoms with E-state index in [-0.39, 0.29) is 18.9 Å². The predicted molar refractivity (Wildman–Crippen MR) is 60.9 cm³/mol. The molecule has 0 spiro atoms. The molecular weight excluding hydrogens is 244 g/mol. The van der Waals surface area contributed by atoms with Gasteiger partial charge in [0.05, 0.1) is 13.7 Å². The Morgan fingerprint density at radius 1 is 1.39 bits per heavy atom. The summed E-state index contributed by atoms with van der Waals surface area (Å²) in [6, 6.07) is -1.96. The zero-order chi connectivity index (χ0) is 14.1. The van der Waals surface area contributed by atoms with Crippen molar-refractivity contribution in [1.82, 2.24) is 10.2 Å². The van der Waals surface area contributed by atoms with Gasteiger partial charge in [0.15, 0.2) is 6.04 Å². The number of rotatable bonds is 7. The Kier molecular flexibility index (Phi) is 7.45. The van der Waals surface area contributed by atoms with E-state index in [4.69, 9.17) is 10.2 Å². The van der Waals surface area contributed by atoms with Crippen molar-refractivity contribution in [2.45, 2.75) is 18.9 Å². The fourth-order valence-corrected chi connectivity index (χ4v) is 1.11. The van der Waals surface area contributed by atoms with Crippen LogP contribution >= 0.6 is 0 Å². The summed E-state index contributed by atoms with van der Waals surface area (Å²) in [6.07, 6.45) is 0.587. The van der Waals surface area contributed by atoms with Gasteiger partial charge in [0.25, 0.3) is 0 Å². The van der Waals surface area contributed by atoms with Crippen LogP contribution in [0.4, 0.5) is 4.79 Å². The number of aliphatic hydroxyl groups is 1. The van der Waals surface area contributed by atoms with Gasteiger partial charge in [0.1, 0.15) is 0 Å². The topological polar surface area (TPSA) is 116 Å². The van der Waals surface area contributed by atoms with Gasteiger partial charge in [-0.05, 0) is 6.42 Å². The Morgan fingerprint density at radius 3 is 2.44 bits per heavy atom. The van der Waals surface area contributed by atoms with Crippen LogP contribution in [0.3, 0.4) is 0 Å². The lowest BCUT2D eigenvalue weighted by atomic mass is 10.3. The van der Waals surface area contributed by atoms with Crippen molar-refractivity contribution < 1.29 is 29.3 Å². The van der Waals surface area contributed by atoms with Crippen LogP contribution < -0.4 is 5.32 Å². The zero-order valence-electron chi connectivity index (χ0n) is 10.4. The summed E-state index contributed by atoms with van der Waals surface area (Å²) in [7, 11) is 2.74. The molecule has 0 fully saturated rings. The molecule has 104 valence electrons. The van der Waals surface area contributed by atoms with Gasteiger partial charge in [0.2, 0.25) is 0 Å². The van der Waals surface area contributed by atoms with Crippen molar-refractivity contribution in [3.8, 4) is 0 Å². The van der Waals surface area contributed by atoms with Crippen molar-refractivity contribution in [1.29, 1.82) is 0 Å². The summed E-state index contributed by atoms with van der Waals surface area (Å²) in [5.74, 6) is -1.68. The highest BCUT2D eigenvalue weighted by Crippen LogP contribution is 1.96. The maximum Gasteiger partial charge on any atom is 0.328 e. The molecule has 8 heteroatoms. The standard InChI is InChI=1S/C10H18N2O6/c1-12(5-3-4-8(14)18-2)10(17)11-7(6-13)9(15)16/h7,13H,3-6H2,1-2H3,(H,11,17)(H,15,16)/t7-/m0/s1. The molecule has 0 unspecified atom stereocenters. The van der Waals surface area contributed by atoms with Crippen LogP contribution in [0.5, 0.6) is 0 Å². The SMILES string of the molecule is COC(=O)CCCN(C)C(=O)N[C@@H](CO)C(=O)O. The molecule has 0 aromatic carbocycles. The van der Waals surface area contributed by atoms with Crippen LogP contribution in [-0.2, 0) is 14.3 Å². The number of carbonyl (C=O) groups is 3. The van der Waals surface area contributed by atoms with Gasteiger partial charge in [-0.3, -0.25) is 4.79 Å². The Hall–Kier alpha value is -1.83. The number of hydrogen-bond donors (Lipinski definition) is 3. The number of carbonyl (C=O) groups excluding carboxylic acids is 2. The van der Waals surface area contributed by atoms with Gasteiger partial charge in [-0.1, -0.05) is 0 Å². The third-order valence-corrected chi connectivity index (χ3v) is 2.23. The highest BCUT2D eigenvalue weighted by molar-refractivity contribution is 5.82. The summed E-state index contributed by atoms with van der Waals surface area (Å²) >= 11 is 0. The molecule has 1 atom stereocenters. The van der Waals surface area contributed by atoms with Gasteiger partial charge in [-0.25, -0.2) is 9.59 Å². The number of aliphatic carboxylic acids is 1. The molecule has 2 amide bonds. The molecule has 0 aliphatic heterocycles. The second-order valence-electron chi connectivity index (χ2n) is 3.62. The molecule has 3 N–H and O–H groups in total. The lowest BCUT2D eigenvalue weighted by molar-refractivity contribution is -0.141. The van der Waals surface area contributed by atoms with E-state index in [1.807, 2.05) is 0 Å². The van der Waals surface area contributed by atoms with Crippen LogP contribution in [0.15, 0.2) is 0 Å². The predicted octanol–water partition coefficient (Wildman–Crippen LogP) is -0.973. The number of nitrogens with one attached hydrogen (secondary N) is 1. The summed E-state index contributed by atoms with van der Waals surface area (Å²) in [6.45, 7) is -0.407. The van der Waals surface area contributed by atoms with Crippen LogP contribution in [0.25, 0.3) is 0 Å². The average molecular weight is 262 g/mol. The van der Waals surface area contributed by atoms with Gasteiger partial charge >= 0.3 is 18.0 Å². The molecule has 0 heterocycles. The van der Waals surface area contributed by atoms with E-state index < -0.39 is 24.6 Å². The van der Waals surface area contributed by atoms with Gasteiger partial charge in [-0.15, -0.1) is 0 Å². The maximum atomic E-state index is 11.5. The lowest BCUT2D eigenvalue weighted by Gasteiger charge is -2.20. The first-order valence-corrected chi connectivity index (χ1v) is 5.34. The first kappa shape index (κ1) is 16.2. The van der Waals surface area contributed by atoms with Crippen molar-refractivity contribution in [3.63, 3.8) is 0 Å². The molecule has 0 radical (unpaired) electrons. The van der Waals surface area contributed by atoms with E-state index in [9.17, 15) is 14.4 Å². The van der Waals surface area contributed by atoms with Crippen LogP contribution in [0, 0.1) is 0 Å². The molecule has 0 aliphatic rings. The number of aliphatic hydroxyl groups excluding tert-OH is 1. The number of carboxylic acid groups (broad SMARTS) is 1. The minimum atomic E-state index is -1.33. The molecule has 0 aromatic rings. The second kappa shape index (κ2) is 8.29. The average Bonchev–Trinajstić information content (AvgIpc) is 2.34. The van der Waals surface area contributed by atoms with Crippen molar-refractivity contribution in [3.05, 3.63) is 0 Å². The first-order chi connectivity index (χ1) is 8.42. The van der Waals surface area contributed by atoms with E-state index in [0.717, 1.165) is 0 Å². The summed E-state index contributed by atoms with van der Waals surface area (Å²) in [5, 5.41) is 19.5. The number of carboxylic acids is 1. The van der Waals surface area contributed by atoms with Crippen LogP contribution in [0.2, 0.25) is 0 Å². The van der Waals surface area contributed by atoms with Gasteiger partial charge in [0, 0.05) is 20.0 Å². The molecule has 0 saturated heterocycles. The molecule has 18 heavy (non-hydrogen) atoms. The van der Waals surface area contributed by atoms with E-state index in [2.05, 4.69) is 10.1 Å². The number of methoxy groups -OCH3 is 1. The Morgan fingerprint density at radius 2 is 2.00 bits per heavy atom. The molecule has 0 bridgehead atoms. The zero-order valence-corrected chi connectivity index (χ0v) is 10.4. The third kappa shape index (κ3) is 6.04. The number of hydrogen-bond acceptors (Lipinski definition) is 5. The highest BCUT2D eigenvalue weighted by Gasteiger charge is 2.20. The van der Waals surface area contributed by atoms with Crippen LogP contribution in [-0.4, -0.2) is 66.4 Å². The van der Waals surface area contributed by atoms with Gasteiger partial charge < -0.3 is 25.2 Å². The number of esters is 1. The molecule has 0 saturated carbocycles. The second-order valence-corrected chi connectivity index (χ2v) is 3.62. The summed E-state index contributed by atoms with van der Waals surface area (Å²) < 4.78 is 4.44. The monoisotopic (exact) mass is 262 g/mol. The minimum absolute atomic E-state index is 0.177. The summed E-state index contributed by atoms with van der Waals surface area (Å²) in [4.78, 5) is 34.1. The number of amides is 2. The smallest absolute Gasteiger partial charge is 0.328 e. The van der Waals surface area contributed by atoms with Crippen molar-refractivity contribution in [2.75, 3.05) is 27.3 Å². The van der Waals surface area contributed by atoms with Crippen molar-refractivity contribution in [2.24, 2.45) is 0 Å². The Labute approximate surface area is 105 Å². The fraction of sp³-hybridized carbons (Fsp3) is 0.700. The molecular formula is C10H18N2O6. The number of urea groups is 1. The largest absolute Gasteiger partial charge is 0.480 e. The van der Waals surface area contributed by atoms with Gasteiger partial charge in [-0.2, -0.15) is 0 Å². The Bertz CT molecular complexity index is 307. The van der Waals surface area contributed by atoms with E-state index in [1.165, 1.54) is 19.1 Å². The molecule has 0 rings (SSSR count). The Balaban J connectivity index is 4.02.